The molecule has 7 nitrogen and oxygen atoms in total. The fourth-order valence-corrected chi connectivity index (χ4v) is 4.08. The Labute approximate surface area is 171 Å². The van der Waals surface area contributed by atoms with Gasteiger partial charge >= 0.3 is 0 Å². The number of carbonyl (C=O) groups excluding carboxylic acids is 2. The average molecular weight is 399 g/mol. The highest BCUT2D eigenvalue weighted by Gasteiger charge is 2.38. The van der Waals surface area contributed by atoms with Crippen molar-refractivity contribution in [3.63, 3.8) is 0 Å². The Bertz CT molecular complexity index is 810. The predicted octanol–water partition coefficient (Wildman–Crippen LogP) is 3.74. The molecule has 2 aromatic rings. The summed E-state index contributed by atoms with van der Waals surface area (Å²) in [7, 11) is 0. The van der Waals surface area contributed by atoms with E-state index in [1.54, 1.807) is 4.90 Å². The maximum absolute atomic E-state index is 12.7. The van der Waals surface area contributed by atoms with Gasteiger partial charge in [0.1, 0.15) is 5.54 Å². The molecule has 1 saturated carbocycles. The van der Waals surface area contributed by atoms with Gasteiger partial charge < -0.3 is 14.7 Å². The topological polar surface area (TPSA) is 88.3 Å². The fourth-order valence-electron chi connectivity index (χ4n) is 4.08. The third kappa shape index (κ3) is 5.22. The Morgan fingerprint density at radius 3 is 2.45 bits per heavy atom. The van der Waals surface area contributed by atoms with Crippen molar-refractivity contribution in [2.45, 2.75) is 70.8 Å². The molecule has 0 bridgehead atoms. The van der Waals surface area contributed by atoms with E-state index < -0.39 is 5.54 Å². The first-order valence-corrected chi connectivity index (χ1v) is 10.5. The second kappa shape index (κ2) is 9.67. The smallest absolute Gasteiger partial charge is 0.227 e. The molecule has 1 heterocycles. The van der Waals surface area contributed by atoms with Crippen LogP contribution in [0, 0.1) is 0 Å². The summed E-state index contributed by atoms with van der Waals surface area (Å²) in [5.74, 6) is 0.901. The first-order valence-electron chi connectivity index (χ1n) is 10.5. The lowest BCUT2D eigenvalue weighted by Crippen LogP contribution is -2.45. The van der Waals surface area contributed by atoms with E-state index in [0.717, 1.165) is 44.2 Å². The third-order valence-electron chi connectivity index (χ3n) is 5.51. The Balaban J connectivity index is 1.68. The summed E-state index contributed by atoms with van der Waals surface area (Å²) in [4.78, 5) is 30.8. The molecule has 0 atom stereocenters. The summed E-state index contributed by atoms with van der Waals surface area (Å²) in [6.07, 6.45) is 6.61. The van der Waals surface area contributed by atoms with Crippen molar-refractivity contribution in [1.82, 2.24) is 15.5 Å². The maximum atomic E-state index is 12.7. The summed E-state index contributed by atoms with van der Waals surface area (Å²) >= 11 is 0. The minimum atomic E-state index is -0.562. The molecule has 7 heteroatoms. The number of para-hydroxylation sites is 1. The minimum Gasteiger partial charge on any atom is -0.343 e. The second-order valence-corrected chi connectivity index (χ2v) is 7.66. The lowest BCUT2D eigenvalue weighted by atomic mass is 9.89. The highest BCUT2D eigenvalue weighted by molar-refractivity contribution is 5.93. The van der Waals surface area contributed by atoms with Crippen LogP contribution in [0.15, 0.2) is 34.9 Å². The molecule has 1 aromatic carbocycles. The Morgan fingerprint density at radius 1 is 1.14 bits per heavy atom. The number of amides is 2. The van der Waals surface area contributed by atoms with E-state index in [4.69, 9.17) is 4.52 Å². The number of nitrogens with zero attached hydrogens (tertiary/aromatic N) is 3. The molecule has 0 radical (unpaired) electrons. The standard InChI is InChI=1S/C22H30N4O3/c1-3-26(18-11-7-6-8-12-18)20(28)14-13-19-23-21(25-29-19)22(24-17(2)27)15-9-4-5-10-16-22/h6-8,11-12H,3-5,9-10,13-16H2,1-2H3,(H,24,27). The van der Waals surface area contributed by atoms with E-state index in [1.165, 1.54) is 6.92 Å². The van der Waals surface area contributed by atoms with E-state index in [9.17, 15) is 9.59 Å². The molecule has 2 amide bonds. The van der Waals surface area contributed by atoms with Gasteiger partial charge in [0, 0.05) is 32.0 Å². The number of nitrogens with one attached hydrogen (secondary N) is 1. The predicted molar refractivity (Wildman–Crippen MR) is 110 cm³/mol. The van der Waals surface area contributed by atoms with Crippen LogP contribution in [0.4, 0.5) is 5.69 Å². The molecule has 0 spiro atoms. The van der Waals surface area contributed by atoms with E-state index in [1.807, 2.05) is 37.3 Å². The molecule has 0 unspecified atom stereocenters. The summed E-state index contributed by atoms with van der Waals surface area (Å²) in [5.41, 5.74) is 0.322. The molecule has 156 valence electrons. The number of aromatic nitrogens is 2. The average Bonchev–Trinajstić information content (AvgIpc) is 3.08. The molecule has 1 N–H and O–H groups in total. The summed E-state index contributed by atoms with van der Waals surface area (Å²) in [5, 5.41) is 7.26. The molecule has 1 fully saturated rings. The van der Waals surface area contributed by atoms with Crippen LogP contribution in [0.5, 0.6) is 0 Å². The maximum Gasteiger partial charge on any atom is 0.227 e. The van der Waals surface area contributed by atoms with Crippen LogP contribution in [-0.2, 0) is 21.5 Å². The zero-order valence-corrected chi connectivity index (χ0v) is 17.3. The van der Waals surface area contributed by atoms with Gasteiger partial charge in [0.25, 0.3) is 0 Å². The van der Waals surface area contributed by atoms with Gasteiger partial charge in [-0.2, -0.15) is 4.98 Å². The van der Waals surface area contributed by atoms with Crippen LogP contribution in [0.25, 0.3) is 0 Å². The Hall–Kier alpha value is -2.70. The van der Waals surface area contributed by atoms with Gasteiger partial charge in [0.2, 0.25) is 17.7 Å². The van der Waals surface area contributed by atoms with Crippen molar-refractivity contribution < 1.29 is 14.1 Å². The van der Waals surface area contributed by atoms with Gasteiger partial charge in [0.15, 0.2) is 5.82 Å². The molecule has 1 aliphatic rings. The number of anilines is 1. The molecular formula is C22H30N4O3. The third-order valence-corrected chi connectivity index (χ3v) is 5.51. The van der Waals surface area contributed by atoms with E-state index >= 15 is 0 Å². The van der Waals surface area contributed by atoms with Crippen LogP contribution in [0.1, 0.15) is 70.5 Å². The SMILES string of the molecule is CCN(C(=O)CCc1nc(C2(NC(C)=O)CCCCCC2)no1)c1ccccc1. The van der Waals surface area contributed by atoms with Gasteiger partial charge in [-0.05, 0) is 31.9 Å². The molecule has 1 aliphatic carbocycles. The van der Waals surface area contributed by atoms with Gasteiger partial charge in [0.05, 0.1) is 0 Å². The molecular weight excluding hydrogens is 368 g/mol. The van der Waals surface area contributed by atoms with Crippen LogP contribution in [-0.4, -0.2) is 28.5 Å². The first-order chi connectivity index (χ1) is 14.0. The lowest BCUT2D eigenvalue weighted by Gasteiger charge is -2.30. The molecule has 29 heavy (non-hydrogen) atoms. The number of rotatable bonds is 7. The lowest BCUT2D eigenvalue weighted by molar-refractivity contribution is -0.121. The largest absolute Gasteiger partial charge is 0.343 e. The van der Waals surface area contributed by atoms with Crippen molar-refractivity contribution in [3.8, 4) is 0 Å². The minimum absolute atomic E-state index is 0.0180. The zero-order chi connectivity index (χ0) is 20.7. The normalized spacial score (nSPS) is 16.1. The molecule has 0 saturated heterocycles. The van der Waals surface area contributed by atoms with Crippen molar-refractivity contribution in [3.05, 3.63) is 42.0 Å². The van der Waals surface area contributed by atoms with Gasteiger partial charge in [-0.3, -0.25) is 9.59 Å². The number of benzene rings is 1. The zero-order valence-electron chi connectivity index (χ0n) is 17.3. The number of aryl methyl sites for hydroxylation is 1. The number of hydrogen-bond acceptors (Lipinski definition) is 5. The monoisotopic (exact) mass is 398 g/mol. The second-order valence-electron chi connectivity index (χ2n) is 7.66. The highest BCUT2D eigenvalue weighted by Crippen LogP contribution is 2.34. The van der Waals surface area contributed by atoms with Gasteiger partial charge in [-0.1, -0.05) is 49.0 Å². The molecule has 1 aromatic heterocycles. The van der Waals surface area contributed by atoms with Crippen LogP contribution >= 0.6 is 0 Å². The number of carbonyl (C=O) groups is 2. The molecule has 3 rings (SSSR count). The van der Waals surface area contributed by atoms with E-state index in [0.29, 0.717) is 24.7 Å². The van der Waals surface area contributed by atoms with Crippen LogP contribution in [0.2, 0.25) is 0 Å². The van der Waals surface area contributed by atoms with Crippen LogP contribution < -0.4 is 10.2 Å². The highest BCUT2D eigenvalue weighted by atomic mass is 16.5. The quantitative estimate of drug-likeness (QED) is 0.718. The molecule has 0 aliphatic heterocycles. The van der Waals surface area contributed by atoms with E-state index in [-0.39, 0.29) is 18.2 Å². The van der Waals surface area contributed by atoms with Crippen LogP contribution in [0.3, 0.4) is 0 Å². The first kappa shape index (κ1) is 21.0. The summed E-state index contributed by atoms with van der Waals surface area (Å²) in [6.45, 7) is 4.08. The summed E-state index contributed by atoms with van der Waals surface area (Å²) in [6, 6.07) is 9.62. The number of hydrogen-bond donors (Lipinski definition) is 1. The fraction of sp³-hybridized carbons (Fsp3) is 0.545. The van der Waals surface area contributed by atoms with Crippen molar-refractivity contribution in [2.75, 3.05) is 11.4 Å². The van der Waals surface area contributed by atoms with E-state index in [2.05, 4.69) is 15.5 Å². The van der Waals surface area contributed by atoms with Gasteiger partial charge in [-0.25, -0.2) is 0 Å². The summed E-state index contributed by atoms with van der Waals surface area (Å²) < 4.78 is 5.45. The van der Waals surface area contributed by atoms with Crippen molar-refractivity contribution >= 4 is 17.5 Å². The van der Waals surface area contributed by atoms with Crippen molar-refractivity contribution in [1.29, 1.82) is 0 Å². The van der Waals surface area contributed by atoms with Crippen molar-refractivity contribution in [2.24, 2.45) is 0 Å². The Morgan fingerprint density at radius 2 is 1.83 bits per heavy atom. The van der Waals surface area contributed by atoms with Gasteiger partial charge in [-0.15, -0.1) is 0 Å². The Kier molecular flexibility index (Phi) is 7.01.